The Morgan fingerprint density at radius 3 is 2.58 bits per heavy atom. The molecule has 1 heterocycles. The first-order valence-electron chi connectivity index (χ1n) is 6.15. The molecule has 0 unspecified atom stereocenters. The summed E-state index contributed by atoms with van der Waals surface area (Å²) in [6, 6.07) is 9.92. The number of hydrogen-bond acceptors (Lipinski definition) is 6. The van der Waals surface area contributed by atoms with Crippen LogP contribution in [0.25, 0.3) is 0 Å². The number of para-hydroxylation sites is 1. The molecule has 0 atom stereocenters. The van der Waals surface area contributed by atoms with Crippen LogP contribution in [0.3, 0.4) is 0 Å². The SMILES string of the molecule is CCSc1nnc(SCCCOc2ccccc2)s1. The molecule has 0 saturated heterocycles. The van der Waals surface area contributed by atoms with E-state index in [1.807, 2.05) is 30.3 Å². The molecule has 0 saturated carbocycles. The highest BCUT2D eigenvalue weighted by Crippen LogP contribution is 2.28. The number of rotatable bonds is 8. The third-order valence-corrected chi connectivity index (χ3v) is 5.34. The Morgan fingerprint density at radius 2 is 1.84 bits per heavy atom. The summed E-state index contributed by atoms with van der Waals surface area (Å²) in [6.07, 6.45) is 1.01. The average molecular weight is 312 g/mol. The molecular weight excluding hydrogens is 296 g/mol. The lowest BCUT2D eigenvalue weighted by atomic mass is 10.3. The van der Waals surface area contributed by atoms with Crippen LogP contribution >= 0.6 is 34.9 Å². The molecule has 1 aromatic heterocycles. The minimum absolute atomic E-state index is 0.742. The molecule has 2 rings (SSSR count). The standard InChI is InChI=1S/C13H16N2OS3/c1-2-17-12-14-15-13(19-12)18-10-6-9-16-11-7-4-3-5-8-11/h3-5,7-8H,2,6,9-10H2,1H3. The number of ether oxygens (including phenoxy) is 1. The van der Waals surface area contributed by atoms with Gasteiger partial charge in [-0.1, -0.05) is 60.0 Å². The normalized spacial score (nSPS) is 10.6. The molecule has 0 bridgehead atoms. The van der Waals surface area contributed by atoms with Gasteiger partial charge in [-0.15, -0.1) is 10.2 Å². The van der Waals surface area contributed by atoms with E-state index in [1.54, 1.807) is 34.9 Å². The molecule has 6 heteroatoms. The summed E-state index contributed by atoms with van der Waals surface area (Å²) >= 11 is 5.17. The van der Waals surface area contributed by atoms with Gasteiger partial charge in [0.15, 0.2) is 8.68 Å². The number of hydrogen-bond donors (Lipinski definition) is 0. The molecule has 0 amide bonds. The van der Waals surface area contributed by atoms with Gasteiger partial charge in [-0.2, -0.15) is 0 Å². The fourth-order valence-electron chi connectivity index (χ4n) is 1.36. The van der Waals surface area contributed by atoms with E-state index in [0.29, 0.717) is 0 Å². The van der Waals surface area contributed by atoms with Gasteiger partial charge in [0.25, 0.3) is 0 Å². The summed E-state index contributed by atoms with van der Waals surface area (Å²) in [5, 5.41) is 8.29. The van der Waals surface area contributed by atoms with Crippen LogP contribution in [0.4, 0.5) is 0 Å². The van der Waals surface area contributed by atoms with E-state index in [4.69, 9.17) is 4.74 Å². The highest BCUT2D eigenvalue weighted by molar-refractivity contribution is 8.03. The van der Waals surface area contributed by atoms with Gasteiger partial charge in [0.2, 0.25) is 0 Å². The molecule has 0 spiro atoms. The molecule has 0 aliphatic rings. The van der Waals surface area contributed by atoms with Gasteiger partial charge < -0.3 is 4.74 Å². The maximum absolute atomic E-state index is 5.64. The summed E-state index contributed by atoms with van der Waals surface area (Å²) < 4.78 is 7.75. The van der Waals surface area contributed by atoms with Crippen molar-refractivity contribution in [3.05, 3.63) is 30.3 Å². The second-order valence-electron chi connectivity index (χ2n) is 3.63. The van der Waals surface area contributed by atoms with Gasteiger partial charge in [0.1, 0.15) is 5.75 Å². The quantitative estimate of drug-likeness (QED) is 0.539. The molecule has 0 fully saturated rings. The smallest absolute Gasteiger partial charge is 0.175 e. The van der Waals surface area contributed by atoms with Gasteiger partial charge in [-0.25, -0.2) is 0 Å². The average Bonchev–Trinajstić information content (AvgIpc) is 2.88. The minimum Gasteiger partial charge on any atom is -0.494 e. The van der Waals surface area contributed by atoms with Crippen molar-refractivity contribution in [3.8, 4) is 5.75 Å². The van der Waals surface area contributed by atoms with Crippen LogP contribution in [0, 0.1) is 0 Å². The zero-order valence-electron chi connectivity index (χ0n) is 10.7. The number of aromatic nitrogens is 2. The van der Waals surface area contributed by atoms with Crippen molar-refractivity contribution < 1.29 is 4.74 Å². The van der Waals surface area contributed by atoms with Crippen LogP contribution in [0.15, 0.2) is 39.0 Å². The van der Waals surface area contributed by atoms with Crippen molar-refractivity contribution in [2.24, 2.45) is 0 Å². The predicted molar refractivity (Wildman–Crippen MR) is 83.6 cm³/mol. The van der Waals surface area contributed by atoms with Crippen molar-refractivity contribution in [3.63, 3.8) is 0 Å². The van der Waals surface area contributed by atoms with E-state index < -0.39 is 0 Å². The first kappa shape index (κ1) is 14.7. The molecule has 19 heavy (non-hydrogen) atoms. The molecule has 2 aromatic rings. The van der Waals surface area contributed by atoms with Gasteiger partial charge >= 0.3 is 0 Å². The molecule has 1 aromatic carbocycles. The zero-order valence-corrected chi connectivity index (χ0v) is 13.2. The lowest BCUT2D eigenvalue weighted by Gasteiger charge is -2.04. The molecule has 102 valence electrons. The summed E-state index contributed by atoms with van der Waals surface area (Å²) in [5.74, 6) is 2.99. The van der Waals surface area contributed by atoms with Crippen molar-refractivity contribution >= 4 is 34.9 Å². The van der Waals surface area contributed by atoms with Gasteiger partial charge in [0, 0.05) is 5.75 Å². The van der Waals surface area contributed by atoms with E-state index >= 15 is 0 Å². The lowest BCUT2D eigenvalue weighted by molar-refractivity contribution is 0.318. The largest absolute Gasteiger partial charge is 0.494 e. The zero-order chi connectivity index (χ0) is 13.3. The molecular formula is C13H16N2OS3. The molecule has 0 aliphatic carbocycles. The number of nitrogens with zero attached hydrogens (tertiary/aromatic N) is 2. The van der Waals surface area contributed by atoms with Crippen molar-refractivity contribution in [1.29, 1.82) is 0 Å². The second kappa shape index (κ2) is 8.45. The summed E-state index contributed by atoms with van der Waals surface area (Å²) in [6.45, 7) is 2.87. The van der Waals surface area contributed by atoms with Gasteiger partial charge in [0.05, 0.1) is 6.61 Å². The maximum atomic E-state index is 5.64. The predicted octanol–water partition coefficient (Wildman–Crippen LogP) is 4.21. The third kappa shape index (κ3) is 5.42. The van der Waals surface area contributed by atoms with E-state index in [9.17, 15) is 0 Å². The monoisotopic (exact) mass is 312 g/mol. The Kier molecular flexibility index (Phi) is 6.53. The van der Waals surface area contributed by atoms with Crippen molar-refractivity contribution in [2.45, 2.75) is 22.0 Å². The summed E-state index contributed by atoms with van der Waals surface area (Å²) in [7, 11) is 0. The summed E-state index contributed by atoms with van der Waals surface area (Å²) in [5.41, 5.74) is 0. The molecule has 3 nitrogen and oxygen atoms in total. The van der Waals surface area contributed by atoms with Crippen LogP contribution in [0.1, 0.15) is 13.3 Å². The topological polar surface area (TPSA) is 35.0 Å². The first-order valence-corrected chi connectivity index (χ1v) is 8.94. The Bertz CT molecular complexity index is 476. The molecule has 0 N–H and O–H groups in total. The Morgan fingerprint density at radius 1 is 1.11 bits per heavy atom. The van der Waals surface area contributed by atoms with E-state index in [-0.39, 0.29) is 0 Å². The molecule has 0 radical (unpaired) electrons. The third-order valence-electron chi connectivity index (χ3n) is 2.18. The van der Waals surface area contributed by atoms with Gasteiger partial charge in [-0.05, 0) is 24.3 Å². The minimum atomic E-state index is 0.742. The fraction of sp³-hybridized carbons (Fsp3) is 0.385. The van der Waals surface area contributed by atoms with Crippen LogP contribution in [0.2, 0.25) is 0 Å². The number of thioether (sulfide) groups is 2. The molecule has 0 aliphatic heterocycles. The Hall–Kier alpha value is -0.720. The van der Waals surface area contributed by atoms with Gasteiger partial charge in [-0.3, -0.25) is 0 Å². The first-order chi connectivity index (χ1) is 9.38. The van der Waals surface area contributed by atoms with E-state index in [0.717, 1.165) is 39.0 Å². The van der Waals surface area contributed by atoms with Crippen LogP contribution in [-0.4, -0.2) is 28.3 Å². The highest BCUT2D eigenvalue weighted by atomic mass is 32.2. The highest BCUT2D eigenvalue weighted by Gasteiger charge is 2.04. The number of benzene rings is 1. The van der Waals surface area contributed by atoms with Crippen LogP contribution in [-0.2, 0) is 0 Å². The van der Waals surface area contributed by atoms with Crippen LogP contribution in [0.5, 0.6) is 5.75 Å². The Balaban J connectivity index is 1.61. The summed E-state index contributed by atoms with van der Waals surface area (Å²) in [4.78, 5) is 0. The van der Waals surface area contributed by atoms with E-state index in [1.165, 1.54) is 0 Å². The Labute approximate surface area is 126 Å². The second-order valence-corrected chi connectivity index (χ2v) is 7.46. The van der Waals surface area contributed by atoms with E-state index in [2.05, 4.69) is 17.1 Å². The van der Waals surface area contributed by atoms with Crippen LogP contribution < -0.4 is 4.74 Å². The lowest BCUT2D eigenvalue weighted by Crippen LogP contribution is -1.98. The maximum Gasteiger partial charge on any atom is 0.175 e. The van der Waals surface area contributed by atoms with Crippen molar-refractivity contribution in [1.82, 2.24) is 10.2 Å². The fourth-order valence-corrected chi connectivity index (χ4v) is 4.26. The van der Waals surface area contributed by atoms with Crippen molar-refractivity contribution in [2.75, 3.05) is 18.1 Å².